The van der Waals surface area contributed by atoms with E-state index in [1.165, 1.54) is 23.9 Å². The number of hydrogen-bond acceptors (Lipinski definition) is 6. The Morgan fingerprint density at radius 1 is 1.42 bits per heavy atom. The molecule has 1 N–H and O–H groups in total. The summed E-state index contributed by atoms with van der Waals surface area (Å²) >= 11 is 6.89. The number of carbonyl (C=O) groups is 2. The van der Waals surface area contributed by atoms with Crippen molar-refractivity contribution >= 4 is 50.8 Å². The van der Waals surface area contributed by atoms with Crippen LogP contribution in [0.2, 0.25) is 5.02 Å². The van der Waals surface area contributed by atoms with Crippen molar-refractivity contribution in [3.8, 4) is 0 Å². The zero-order valence-corrected chi connectivity index (χ0v) is 14.8. The Kier molecular flexibility index (Phi) is 6.47. The third-order valence-corrected chi connectivity index (χ3v) is 6.68. The molecule has 0 unspecified atom stereocenters. The standard InChI is InChI=1S/C14H15ClFNO5S2/c15-9-1-2-11(16)12(5-9)17-13(18)6-22-14(19)7-23-10-3-4-24(20,21)8-10/h1-2,5,10H,3-4,6-8H2,(H,17,18)/t10-/m0/s1. The Balaban J connectivity index is 1.71. The maximum atomic E-state index is 13.5. The Bertz CT molecular complexity index is 741. The van der Waals surface area contributed by atoms with Crippen LogP contribution in [0.5, 0.6) is 0 Å². The van der Waals surface area contributed by atoms with Crippen molar-refractivity contribution in [3.05, 3.63) is 29.0 Å². The van der Waals surface area contributed by atoms with E-state index in [1.807, 2.05) is 0 Å². The summed E-state index contributed by atoms with van der Waals surface area (Å²) in [5, 5.41) is 2.38. The van der Waals surface area contributed by atoms with Crippen molar-refractivity contribution in [2.24, 2.45) is 0 Å². The first-order valence-corrected chi connectivity index (χ1v) is 10.2. The second-order valence-corrected chi connectivity index (χ2v) is 9.12. The fourth-order valence-corrected chi connectivity index (χ4v) is 5.66. The summed E-state index contributed by atoms with van der Waals surface area (Å²) in [6.07, 6.45) is 0.509. The second kappa shape index (κ2) is 8.17. The number of ether oxygens (including phenoxy) is 1. The molecule has 0 bridgehead atoms. The number of sulfone groups is 1. The highest BCUT2D eigenvalue weighted by molar-refractivity contribution is 8.02. The first kappa shape index (κ1) is 19.0. The lowest BCUT2D eigenvalue weighted by Crippen LogP contribution is -2.22. The van der Waals surface area contributed by atoms with Gasteiger partial charge in [0.05, 0.1) is 22.9 Å². The monoisotopic (exact) mass is 395 g/mol. The van der Waals surface area contributed by atoms with Crippen LogP contribution >= 0.6 is 23.4 Å². The molecule has 0 radical (unpaired) electrons. The topological polar surface area (TPSA) is 89.5 Å². The number of amides is 1. The highest BCUT2D eigenvalue weighted by Crippen LogP contribution is 2.24. The second-order valence-electron chi connectivity index (χ2n) is 5.17. The molecular formula is C14H15ClFNO5S2. The van der Waals surface area contributed by atoms with Gasteiger partial charge in [0, 0.05) is 10.3 Å². The third kappa shape index (κ3) is 5.95. The number of benzene rings is 1. The SMILES string of the molecule is O=C(COC(=O)CS[C@H]1CCS(=O)(=O)C1)Nc1cc(Cl)ccc1F. The van der Waals surface area contributed by atoms with Crippen molar-refractivity contribution in [1.29, 1.82) is 0 Å². The van der Waals surface area contributed by atoms with Crippen LogP contribution in [0.1, 0.15) is 6.42 Å². The van der Waals surface area contributed by atoms with Gasteiger partial charge in [-0.25, -0.2) is 12.8 Å². The van der Waals surface area contributed by atoms with Gasteiger partial charge in [0.1, 0.15) is 5.82 Å². The predicted molar refractivity (Wildman–Crippen MR) is 90.5 cm³/mol. The van der Waals surface area contributed by atoms with Crippen molar-refractivity contribution < 1.29 is 27.1 Å². The summed E-state index contributed by atoms with van der Waals surface area (Å²) in [6, 6.07) is 3.69. The van der Waals surface area contributed by atoms with Gasteiger partial charge in [-0.3, -0.25) is 9.59 Å². The zero-order chi connectivity index (χ0) is 17.7. The van der Waals surface area contributed by atoms with Crippen LogP contribution in [0.15, 0.2) is 18.2 Å². The Labute approximate surface area is 148 Å². The number of anilines is 1. The average Bonchev–Trinajstić information content (AvgIpc) is 2.86. The van der Waals surface area contributed by atoms with E-state index in [1.54, 1.807) is 0 Å². The van der Waals surface area contributed by atoms with Crippen LogP contribution in [0.25, 0.3) is 0 Å². The van der Waals surface area contributed by atoms with Crippen LogP contribution in [0, 0.1) is 5.82 Å². The van der Waals surface area contributed by atoms with Crippen LogP contribution in [0.3, 0.4) is 0 Å². The van der Waals surface area contributed by atoms with E-state index in [0.717, 1.165) is 6.07 Å². The van der Waals surface area contributed by atoms with Gasteiger partial charge in [0.15, 0.2) is 16.4 Å². The van der Waals surface area contributed by atoms with Gasteiger partial charge in [-0.15, -0.1) is 11.8 Å². The number of rotatable bonds is 6. The number of carbonyl (C=O) groups excluding carboxylic acids is 2. The smallest absolute Gasteiger partial charge is 0.316 e. The summed E-state index contributed by atoms with van der Waals surface area (Å²) in [5.41, 5.74) is -0.103. The summed E-state index contributed by atoms with van der Waals surface area (Å²) in [6.45, 7) is -0.561. The highest BCUT2D eigenvalue weighted by atomic mass is 35.5. The van der Waals surface area contributed by atoms with Crippen LogP contribution in [0.4, 0.5) is 10.1 Å². The van der Waals surface area contributed by atoms with Crippen LogP contribution in [-0.4, -0.2) is 49.4 Å². The largest absolute Gasteiger partial charge is 0.455 e. The summed E-state index contributed by atoms with van der Waals surface area (Å²) in [5.74, 6) is -1.84. The predicted octanol–water partition coefficient (Wildman–Crippen LogP) is 1.88. The normalized spacial score (nSPS) is 19.0. The molecule has 1 fully saturated rings. The average molecular weight is 396 g/mol. The van der Waals surface area contributed by atoms with E-state index in [0.29, 0.717) is 6.42 Å². The van der Waals surface area contributed by atoms with E-state index >= 15 is 0 Å². The van der Waals surface area contributed by atoms with E-state index in [9.17, 15) is 22.4 Å². The Hall–Kier alpha value is -1.32. The minimum atomic E-state index is -2.99. The van der Waals surface area contributed by atoms with E-state index < -0.39 is 34.1 Å². The molecule has 1 heterocycles. The fourth-order valence-electron chi connectivity index (χ4n) is 2.05. The van der Waals surface area contributed by atoms with Crippen molar-refractivity contribution in [1.82, 2.24) is 0 Å². The van der Waals surface area contributed by atoms with E-state index in [2.05, 4.69) is 5.32 Å². The summed E-state index contributed by atoms with van der Waals surface area (Å²) in [7, 11) is -2.99. The van der Waals surface area contributed by atoms with Gasteiger partial charge in [-0.1, -0.05) is 11.6 Å². The van der Waals surface area contributed by atoms with E-state index in [4.69, 9.17) is 16.3 Å². The first-order chi connectivity index (χ1) is 11.2. The third-order valence-electron chi connectivity index (χ3n) is 3.19. The highest BCUT2D eigenvalue weighted by Gasteiger charge is 2.28. The van der Waals surface area contributed by atoms with E-state index in [-0.39, 0.29) is 33.2 Å². The molecule has 1 amide bonds. The lowest BCUT2D eigenvalue weighted by molar-refractivity contribution is -0.144. The minimum Gasteiger partial charge on any atom is -0.455 e. The molecule has 1 saturated heterocycles. The van der Waals surface area contributed by atoms with Gasteiger partial charge < -0.3 is 10.1 Å². The van der Waals surface area contributed by atoms with Crippen LogP contribution in [-0.2, 0) is 24.2 Å². The van der Waals surface area contributed by atoms with Crippen molar-refractivity contribution in [3.63, 3.8) is 0 Å². The molecule has 0 aromatic heterocycles. The molecule has 6 nitrogen and oxygen atoms in total. The summed E-state index contributed by atoms with van der Waals surface area (Å²) < 4.78 is 40.8. The molecule has 1 aliphatic rings. The number of esters is 1. The van der Waals surface area contributed by atoms with Crippen LogP contribution < -0.4 is 5.32 Å². The molecule has 1 atom stereocenters. The molecule has 2 rings (SSSR count). The van der Waals surface area contributed by atoms with Gasteiger partial charge in [-0.05, 0) is 24.6 Å². The zero-order valence-electron chi connectivity index (χ0n) is 12.5. The quantitative estimate of drug-likeness (QED) is 0.740. The summed E-state index contributed by atoms with van der Waals surface area (Å²) in [4.78, 5) is 23.2. The molecule has 0 spiro atoms. The fraction of sp³-hybridized carbons (Fsp3) is 0.429. The molecule has 0 aliphatic carbocycles. The number of hydrogen-bond donors (Lipinski definition) is 1. The Morgan fingerprint density at radius 2 is 2.17 bits per heavy atom. The van der Waals surface area contributed by atoms with Gasteiger partial charge in [0.2, 0.25) is 0 Å². The molecule has 1 aromatic carbocycles. The lowest BCUT2D eigenvalue weighted by Gasteiger charge is -2.09. The number of thioether (sulfide) groups is 1. The molecule has 10 heteroatoms. The first-order valence-electron chi connectivity index (χ1n) is 6.98. The molecule has 132 valence electrons. The van der Waals surface area contributed by atoms with Gasteiger partial charge in [0.25, 0.3) is 5.91 Å². The molecule has 1 aromatic rings. The number of nitrogens with one attached hydrogen (secondary N) is 1. The Morgan fingerprint density at radius 3 is 2.83 bits per heavy atom. The molecule has 24 heavy (non-hydrogen) atoms. The molecule has 0 saturated carbocycles. The van der Waals surface area contributed by atoms with Crippen molar-refractivity contribution in [2.75, 3.05) is 29.2 Å². The van der Waals surface area contributed by atoms with Gasteiger partial charge >= 0.3 is 5.97 Å². The maximum Gasteiger partial charge on any atom is 0.316 e. The van der Waals surface area contributed by atoms with Crippen molar-refractivity contribution in [2.45, 2.75) is 11.7 Å². The number of halogens is 2. The van der Waals surface area contributed by atoms with Gasteiger partial charge in [-0.2, -0.15) is 0 Å². The maximum absolute atomic E-state index is 13.5. The molecule has 1 aliphatic heterocycles. The molecular weight excluding hydrogens is 381 g/mol. The minimum absolute atomic E-state index is 0.0427. The lowest BCUT2D eigenvalue weighted by atomic mass is 10.3.